The van der Waals surface area contributed by atoms with Crippen LogP contribution in [0.1, 0.15) is 22.8 Å². The number of H-pyrrole nitrogens is 1. The van der Waals surface area contributed by atoms with Crippen molar-refractivity contribution in [1.82, 2.24) is 14.1 Å². The third-order valence-electron chi connectivity index (χ3n) is 5.65. The van der Waals surface area contributed by atoms with Crippen molar-refractivity contribution in [3.8, 4) is 11.4 Å². The first-order valence-corrected chi connectivity index (χ1v) is 9.40. The molecular formula is C24H23N3. The maximum absolute atomic E-state index is 3.76. The summed E-state index contributed by atoms with van der Waals surface area (Å²) in [7, 11) is 0. The van der Waals surface area contributed by atoms with Gasteiger partial charge < -0.3 is 14.1 Å². The Morgan fingerprint density at radius 1 is 0.519 bits per heavy atom. The van der Waals surface area contributed by atoms with E-state index in [4.69, 9.17) is 0 Å². The summed E-state index contributed by atoms with van der Waals surface area (Å²) in [5, 5.41) is 2.53. The molecule has 0 radical (unpaired) electrons. The molecule has 0 atom stereocenters. The molecule has 3 nitrogen and oxygen atoms in total. The zero-order valence-corrected chi connectivity index (χ0v) is 16.2. The topological polar surface area (TPSA) is 25.6 Å². The number of rotatable bonds is 2. The normalized spacial score (nSPS) is 11.7. The number of aromatic amines is 1. The quantitative estimate of drug-likeness (QED) is 0.395. The first-order chi connectivity index (χ1) is 13.1. The predicted molar refractivity (Wildman–Crippen MR) is 113 cm³/mol. The molecule has 3 aromatic heterocycles. The van der Waals surface area contributed by atoms with E-state index in [0.29, 0.717) is 0 Å². The third-order valence-corrected chi connectivity index (χ3v) is 5.65. The largest absolute Gasteiger partial charge is 0.351 e. The van der Waals surface area contributed by atoms with E-state index in [2.05, 4.69) is 102 Å². The van der Waals surface area contributed by atoms with Crippen molar-refractivity contribution >= 4 is 21.8 Å². The van der Waals surface area contributed by atoms with Gasteiger partial charge in [-0.2, -0.15) is 0 Å². The SMILES string of the molecule is Cc1ccc(C)n1-c1cccc2c1[nH]c1c(-n3c(C)ccc3C)cccc12. The van der Waals surface area contributed by atoms with Crippen LogP contribution in [0.2, 0.25) is 0 Å². The van der Waals surface area contributed by atoms with Gasteiger partial charge in [0.05, 0.1) is 22.4 Å². The van der Waals surface area contributed by atoms with Gasteiger partial charge in [0.15, 0.2) is 0 Å². The summed E-state index contributed by atoms with van der Waals surface area (Å²) in [6, 6.07) is 21.8. The van der Waals surface area contributed by atoms with Gasteiger partial charge in [0, 0.05) is 33.5 Å². The van der Waals surface area contributed by atoms with Crippen LogP contribution in [0.3, 0.4) is 0 Å². The Morgan fingerprint density at radius 2 is 0.889 bits per heavy atom. The molecule has 0 amide bonds. The fourth-order valence-electron chi connectivity index (χ4n) is 4.39. The van der Waals surface area contributed by atoms with Gasteiger partial charge in [0.25, 0.3) is 0 Å². The first-order valence-electron chi connectivity index (χ1n) is 9.40. The monoisotopic (exact) mass is 353 g/mol. The minimum absolute atomic E-state index is 1.19. The second kappa shape index (κ2) is 5.65. The molecule has 0 bridgehead atoms. The number of para-hydroxylation sites is 2. The lowest BCUT2D eigenvalue weighted by molar-refractivity contribution is 0.968. The molecule has 0 aliphatic heterocycles. The number of aryl methyl sites for hydroxylation is 4. The Hall–Kier alpha value is -3.20. The van der Waals surface area contributed by atoms with Crippen LogP contribution >= 0.6 is 0 Å². The van der Waals surface area contributed by atoms with Gasteiger partial charge in [0.2, 0.25) is 0 Å². The van der Waals surface area contributed by atoms with Gasteiger partial charge in [0.1, 0.15) is 0 Å². The van der Waals surface area contributed by atoms with Crippen molar-refractivity contribution < 1.29 is 0 Å². The zero-order valence-electron chi connectivity index (χ0n) is 16.2. The molecular weight excluding hydrogens is 330 g/mol. The lowest BCUT2D eigenvalue weighted by Crippen LogP contribution is -2.00. The van der Waals surface area contributed by atoms with Crippen LogP contribution in [0.15, 0.2) is 60.7 Å². The summed E-state index contributed by atoms with van der Waals surface area (Å²) in [4.78, 5) is 3.76. The fourth-order valence-corrected chi connectivity index (χ4v) is 4.39. The Balaban J connectivity index is 1.89. The fraction of sp³-hybridized carbons (Fsp3) is 0.167. The summed E-state index contributed by atoms with van der Waals surface area (Å²) in [6.45, 7) is 8.64. The van der Waals surface area contributed by atoms with Crippen LogP contribution in [0.4, 0.5) is 0 Å². The molecule has 0 spiro atoms. The maximum Gasteiger partial charge on any atom is 0.0710 e. The first kappa shape index (κ1) is 16.0. The standard InChI is InChI=1S/C24H23N3/c1-15-11-12-16(2)26(15)21-9-5-7-19-20-8-6-10-22(24(20)25-23(19)21)27-17(3)13-14-18(27)4/h5-14,25H,1-4H3. The van der Waals surface area contributed by atoms with Crippen molar-refractivity contribution in [3.63, 3.8) is 0 Å². The second-order valence-electron chi connectivity index (χ2n) is 7.43. The van der Waals surface area contributed by atoms with E-state index in [-0.39, 0.29) is 0 Å². The smallest absolute Gasteiger partial charge is 0.0710 e. The summed E-state index contributed by atoms with van der Waals surface area (Å²) < 4.78 is 4.65. The number of hydrogen-bond donors (Lipinski definition) is 1. The van der Waals surface area contributed by atoms with Crippen molar-refractivity contribution in [2.75, 3.05) is 0 Å². The number of nitrogens with one attached hydrogen (secondary N) is 1. The van der Waals surface area contributed by atoms with Crippen LogP contribution in [0, 0.1) is 27.7 Å². The molecule has 3 heterocycles. The highest BCUT2D eigenvalue weighted by atomic mass is 15.0. The van der Waals surface area contributed by atoms with Crippen molar-refractivity contribution in [2.45, 2.75) is 27.7 Å². The number of nitrogens with zero attached hydrogens (tertiary/aromatic N) is 2. The van der Waals surface area contributed by atoms with E-state index in [1.165, 1.54) is 56.0 Å². The lowest BCUT2D eigenvalue weighted by atomic mass is 10.1. The molecule has 27 heavy (non-hydrogen) atoms. The molecule has 3 heteroatoms. The van der Waals surface area contributed by atoms with Crippen LogP contribution in [0.5, 0.6) is 0 Å². The van der Waals surface area contributed by atoms with Crippen molar-refractivity contribution in [3.05, 3.63) is 83.4 Å². The molecule has 0 aliphatic rings. The van der Waals surface area contributed by atoms with Crippen LogP contribution in [0.25, 0.3) is 33.2 Å². The van der Waals surface area contributed by atoms with E-state index < -0.39 is 0 Å². The third kappa shape index (κ3) is 2.21. The minimum atomic E-state index is 1.19. The molecule has 1 N–H and O–H groups in total. The molecule has 0 saturated heterocycles. The predicted octanol–water partition coefficient (Wildman–Crippen LogP) is 6.14. The van der Waals surface area contributed by atoms with Gasteiger partial charge in [-0.1, -0.05) is 24.3 Å². The maximum atomic E-state index is 3.76. The van der Waals surface area contributed by atoms with Crippen molar-refractivity contribution in [1.29, 1.82) is 0 Å². The van der Waals surface area contributed by atoms with Gasteiger partial charge in [-0.3, -0.25) is 0 Å². The minimum Gasteiger partial charge on any atom is -0.351 e. The van der Waals surface area contributed by atoms with Crippen molar-refractivity contribution in [2.24, 2.45) is 0 Å². The number of aromatic nitrogens is 3. The van der Waals surface area contributed by atoms with Gasteiger partial charge in [-0.25, -0.2) is 0 Å². The zero-order chi connectivity index (χ0) is 18.7. The van der Waals surface area contributed by atoms with E-state index in [0.717, 1.165) is 0 Å². The number of fused-ring (bicyclic) bond motifs is 3. The van der Waals surface area contributed by atoms with Crippen LogP contribution in [-0.2, 0) is 0 Å². The molecule has 0 fully saturated rings. The summed E-state index contributed by atoms with van der Waals surface area (Å²) in [6.07, 6.45) is 0. The highest BCUT2D eigenvalue weighted by molar-refractivity contribution is 6.12. The number of benzene rings is 2. The van der Waals surface area contributed by atoms with E-state index in [1.807, 2.05) is 0 Å². The van der Waals surface area contributed by atoms with Gasteiger partial charge in [-0.15, -0.1) is 0 Å². The molecule has 0 saturated carbocycles. The average Bonchev–Trinajstić information content (AvgIpc) is 3.31. The van der Waals surface area contributed by atoms with E-state index in [9.17, 15) is 0 Å². The Kier molecular flexibility index (Phi) is 3.35. The molecule has 5 aromatic rings. The van der Waals surface area contributed by atoms with E-state index >= 15 is 0 Å². The Labute approximate surface area is 158 Å². The van der Waals surface area contributed by atoms with Gasteiger partial charge in [-0.05, 0) is 64.1 Å². The lowest BCUT2D eigenvalue weighted by Gasteiger charge is -2.11. The van der Waals surface area contributed by atoms with Crippen LogP contribution in [-0.4, -0.2) is 14.1 Å². The highest BCUT2D eigenvalue weighted by Gasteiger charge is 2.15. The highest BCUT2D eigenvalue weighted by Crippen LogP contribution is 2.34. The second-order valence-corrected chi connectivity index (χ2v) is 7.43. The van der Waals surface area contributed by atoms with Crippen LogP contribution < -0.4 is 0 Å². The molecule has 2 aromatic carbocycles. The van der Waals surface area contributed by atoms with Gasteiger partial charge >= 0.3 is 0 Å². The molecule has 5 rings (SSSR count). The summed E-state index contributed by atoms with van der Waals surface area (Å²) in [5.74, 6) is 0. The summed E-state index contributed by atoms with van der Waals surface area (Å²) >= 11 is 0. The number of hydrogen-bond acceptors (Lipinski definition) is 0. The Bertz CT molecular complexity index is 1170. The molecule has 134 valence electrons. The average molecular weight is 353 g/mol. The molecule has 0 unspecified atom stereocenters. The summed E-state index contributed by atoms with van der Waals surface area (Å²) in [5.41, 5.74) is 9.76. The molecule has 0 aliphatic carbocycles. The van der Waals surface area contributed by atoms with E-state index in [1.54, 1.807) is 0 Å². The Morgan fingerprint density at radius 3 is 1.26 bits per heavy atom.